The Kier molecular flexibility index (Phi) is 13.3. The van der Waals surface area contributed by atoms with Crippen molar-refractivity contribution >= 4 is 39.6 Å². The van der Waals surface area contributed by atoms with Crippen LogP contribution in [-0.2, 0) is 42.0 Å². The molecule has 4 N–H and O–H groups in total. The fourth-order valence-corrected chi connectivity index (χ4v) is 7.74. The van der Waals surface area contributed by atoms with Crippen molar-refractivity contribution < 1.29 is 45.6 Å². The third kappa shape index (κ3) is 11.2. The number of sulfonamides is 1. The summed E-state index contributed by atoms with van der Waals surface area (Å²) in [6, 6.07) is 1.89. The number of likely N-dealkylation sites (tertiary alicyclic amines) is 1. The van der Waals surface area contributed by atoms with Crippen LogP contribution in [0, 0.1) is 17.3 Å². The maximum Gasteiger partial charge on any atom is 0.389 e. The van der Waals surface area contributed by atoms with Gasteiger partial charge >= 0.3 is 12.2 Å². The summed E-state index contributed by atoms with van der Waals surface area (Å²) in [5.74, 6) is -4.72. The van der Waals surface area contributed by atoms with Gasteiger partial charge in [0.25, 0.3) is 5.91 Å². The smallest absolute Gasteiger partial charge is 0.347 e. The van der Waals surface area contributed by atoms with Crippen molar-refractivity contribution in [2.24, 2.45) is 17.3 Å². The van der Waals surface area contributed by atoms with E-state index in [4.69, 9.17) is 0 Å². The van der Waals surface area contributed by atoms with Crippen LogP contribution in [0.3, 0.4) is 0 Å². The molecule has 0 aromatic heterocycles. The third-order valence-electron chi connectivity index (χ3n) is 10.5. The summed E-state index contributed by atoms with van der Waals surface area (Å²) in [4.78, 5) is 69.0. The largest absolute Gasteiger partial charge is 0.389 e. The second-order valence-corrected chi connectivity index (χ2v) is 18.1. The average molecular weight is 771 g/mol. The van der Waals surface area contributed by atoms with Crippen LogP contribution >= 0.6 is 0 Å². The molecule has 296 valence electrons. The maximum absolute atomic E-state index is 14.6. The molecular weight excluding hydrogens is 717 g/mol. The fraction of sp³-hybridized carbons (Fsp3) is 0.694. The Morgan fingerprint density at radius 3 is 2.09 bits per heavy atom. The number of rotatable bonds is 15. The number of hydrogen-bond acceptors (Lipinski definition) is 7. The van der Waals surface area contributed by atoms with Crippen LogP contribution in [0.25, 0.3) is 0 Å². The Hall–Kier alpha value is -3.73. The maximum atomic E-state index is 14.6. The van der Waals surface area contributed by atoms with Crippen LogP contribution in [-0.4, -0.2) is 109 Å². The molecule has 1 aliphatic heterocycles. The first kappa shape index (κ1) is 42.0. The van der Waals surface area contributed by atoms with Crippen LogP contribution < -0.4 is 21.3 Å². The Morgan fingerprint density at radius 1 is 0.962 bits per heavy atom. The summed E-state index contributed by atoms with van der Waals surface area (Å²) in [7, 11) is -2.14. The minimum atomic E-state index is -4.65. The predicted molar refractivity (Wildman–Crippen MR) is 191 cm³/mol. The number of Topliss-reactive ketones (excluding diaryl/α,β-unsaturated/α-hetero) is 1. The van der Waals surface area contributed by atoms with Gasteiger partial charge in [-0.05, 0) is 73.8 Å². The lowest BCUT2D eigenvalue weighted by Gasteiger charge is -2.36. The molecule has 1 unspecified atom stereocenters. The summed E-state index contributed by atoms with van der Waals surface area (Å²) in [5.41, 5.74) is 1.40. The molecule has 1 aromatic rings. The van der Waals surface area contributed by atoms with Crippen molar-refractivity contribution in [3.63, 3.8) is 0 Å². The molecule has 1 aromatic carbocycles. The number of benzene rings is 1. The SMILES string of the molecule is CCS(=O)(=O)N(C)C[C@@H](NC(=O)N[C@H](C(=O)N1CC[C@H](C)[C@H]1C(=O)NC(CCC(F)(F)F)C(=O)C(=O)NC1CC1)C1Cc2ccccc2C1)C(C)(C)C. The molecule has 1 heterocycles. The number of nitrogens with zero attached hydrogens (tertiary/aromatic N) is 2. The van der Waals surface area contributed by atoms with Crippen LogP contribution in [0.1, 0.15) is 77.8 Å². The molecule has 53 heavy (non-hydrogen) atoms. The standard InChI is InChI=1S/C36H53F3N6O7S/c1-7-53(51,52)44(6)20-27(35(3,4)5)42-34(50)43-28(24-18-22-10-8-9-11-23(22)19-24)33(49)45-17-15-21(2)29(45)31(47)41-26(14-16-36(37,38)39)30(46)32(48)40-25-12-13-25/h8-11,21,24-29H,7,12-20H2,1-6H3,(H,40,48)(H,41,47)(H2,42,43,50)/t21-,26?,27+,28-,29-/m0/s1. The van der Waals surface area contributed by atoms with Crippen LogP contribution in [0.2, 0.25) is 0 Å². The quantitative estimate of drug-likeness (QED) is 0.199. The molecule has 3 aliphatic rings. The molecule has 2 fully saturated rings. The van der Waals surface area contributed by atoms with Gasteiger partial charge < -0.3 is 26.2 Å². The number of amides is 5. The summed E-state index contributed by atoms with van der Waals surface area (Å²) >= 11 is 0. The lowest BCUT2D eigenvalue weighted by Crippen LogP contribution is -2.61. The number of alkyl halides is 3. The molecule has 0 radical (unpaired) electrons. The number of urea groups is 1. The van der Waals surface area contributed by atoms with E-state index in [0.717, 1.165) is 11.1 Å². The van der Waals surface area contributed by atoms with Gasteiger partial charge in [-0.2, -0.15) is 13.2 Å². The number of fused-ring (bicyclic) bond motifs is 1. The van der Waals surface area contributed by atoms with Gasteiger partial charge in [-0.3, -0.25) is 19.2 Å². The highest BCUT2D eigenvalue weighted by Crippen LogP contribution is 2.33. The number of carbonyl (C=O) groups excluding carboxylic acids is 5. The monoisotopic (exact) mass is 770 g/mol. The summed E-state index contributed by atoms with van der Waals surface area (Å²) in [6.07, 6.45) is -4.39. The van der Waals surface area contributed by atoms with Gasteiger partial charge in [0, 0.05) is 38.6 Å². The number of halogens is 3. The van der Waals surface area contributed by atoms with Gasteiger partial charge in [0.05, 0.1) is 11.8 Å². The van der Waals surface area contributed by atoms with E-state index in [2.05, 4.69) is 21.3 Å². The van der Waals surface area contributed by atoms with Gasteiger partial charge in [0.2, 0.25) is 27.6 Å². The van der Waals surface area contributed by atoms with Crippen molar-refractivity contribution in [3.05, 3.63) is 35.4 Å². The van der Waals surface area contributed by atoms with E-state index in [-0.39, 0.29) is 24.9 Å². The van der Waals surface area contributed by atoms with E-state index in [0.29, 0.717) is 32.1 Å². The number of likely N-dealkylation sites (N-methyl/N-ethyl adjacent to an activating group) is 1. The van der Waals surface area contributed by atoms with Crippen LogP contribution in [0.4, 0.5) is 18.0 Å². The molecule has 1 saturated carbocycles. The molecule has 1 saturated heterocycles. The van der Waals surface area contributed by atoms with Crippen molar-refractivity contribution in [1.82, 2.24) is 30.5 Å². The molecule has 0 bridgehead atoms. The average Bonchev–Trinajstić information content (AvgIpc) is 3.64. The first-order valence-corrected chi connectivity index (χ1v) is 19.8. The lowest BCUT2D eigenvalue weighted by atomic mass is 9.86. The van der Waals surface area contributed by atoms with E-state index < -0.39 is 100.0 Å². The second-order valence-electron chi connectivity index (χ2n) is 15.7. The van der Waals surface area contributed by atoms with Crippen molar-refractivity contribution in [3.8, 4) is 0 Å². The molecule has 5 amide bonds. The zero-order valence-corrected chi connectivity index (χ0v) is 32.0. The molecule has 13 nitrogen and oxygen atoms in total. The van der Waals surface area contributed by atoms with Gasteiger partial charge in [0.15, 0.2) is 0 Å². The zero-order valence-electron chi connectivity index (χ0n) is 31.2. The topological polar surface area (TPSA) is 174 Å². The van der Waals surface area contributed by atoms with Crippen molar-refractivity contribution in [1.29, 1.82) is 0 Å². The molecular formula is C36H53F3N6O7S. The Bertz CT molecular complexity index is 1620. The van der Waals surface area contributed by atoms with Crippen LogP contribution in [0.15, 0.2) is 24.3 Å². The highest BCUT2D eigenvalue weighted by atomic mass is 32.2. The van der Waals surface area contributed by atoms with Gasteiger partial charge in [0.1, 0.15) is 12.1 Å². The predicted octanol–water partition coefficient (Wildman–Crippen LogP) is 2.68. The fourth-order valence-electron chi connectivity index (χ4n) is 6.93. The highest BCUT2D eigenvalue weighted by Gasteiger charge is 2.46. The number of hydrogen-bond donors (Lipinski definition) is 4. The third-order valence-corrected chi connectivity index (χ3v) is 12.3. The van der Waals surface area contributed by atoms with Crippen LogP contribution in [0.5, 0.6) is 0 Å². The first-order chi connectivity index (χ1) is 24.6. The molecule has 17 heteroatoms. The zero-order chi connectivity index (χ0) is 39.5. The van der Waals surface area contributed by atoms with E-state index in [9.17, 15) is 45.6 Å². The Morgan fingerprint density at radius 2 is 1.57 bits per heavy atom. The molecule has 0 spiro atoms. The minimum absolute atomic E-state index is 0.0284. The van der Waals surface area contributed by atoms with Gasteiger partial charge in [-0.25, -0.2) is 17.5 Å². The summed E-state index contributed by atoms with van der Waals surface area (Å²) in [5, 5.41) is 10.5. The van der Waals surface area contributed by atoms with E-state index in [1.165, 1.54) is 23.2 Å². The molecule has 4 rings (SSSR count). The normalized spacial score (nSPS) is 21.1. The molecule has 2 aliphatic carbocycles. The lowest BCUT2D eigenvalue weighted by molar-refractivity contribution is -0.147. The summed E-state index contributed by atoms with van der Waals surface area (Å²) < 4.78 is 66.0. The Balaban J connectivity index is 1.58. The number of ketones is 1. The number of carbonyl (C=O) groups is 5. The molecule has 5 atom stereocenters. The van der Waals surface area contributed by atoms with E-state index >= 15 is 0 Å². The van der Waals surface area contributed by atoms with E-state index in [1.54, 1.807) is 6.92 Å². The van der Waals surface area contributed by atoms with E-state index in [1.807, 2.05) is 45.0 Å². The minimum Gasteiger partial charge on any atom is -0.347 e. The van der Waals surface area contributed by atoms with Crippen molar-refractivity contribution in [2.45, 2.75) is 116 Å². The number of nitrogens with one attached hydrogen (secondary N) is 4. The Labute approximate surface area is 309 Å². The van der Waals surface area contributed by atoms with Gasteiger partial charge in [-0.15, -0.1) is 0 Å². The highest BCUT2D eigenvalue weighted by molar-refractivity contribution is 7.89. The summed E-state index contributed by atoms with van der Waals surface area (Å²) in [6.45, 7) is 8.84. The van der Waals surface area contributed by atoms with Gasteiger partial charge in [-0.1, -0.05) is 52.0 Å². The second kappa shape index (κ2) is 16.7. The van der Waals surface area contributed by atoms with Crippen molar-refractivity contribution in [2.75, 3.05) is 25.9 Å². The first-order valence-electron chi connectivity index (χ1n) is 18.2.